The Kier molecular flexibility index (Phi) is 5.24. The smallest absolute Gasteiger partial charge is 0.251 e. The van der Waals surface area contributed by atoms with Crippen molar-refractivity contribution in [3.63, 3.8) is 0 Å². The Morgan fingerprint density at radius 1 is 1.21 bits per heavy atom. The van der Waals surface area contributed by atoms with Gasteiger partial charge in [0.1, 0.15) is 5.75 Å². The number of nitrogens with one attached hydrogen (secondary N) is 1. The first-order valence-electron chi connectivity index (χ1n) is 6.45. The lowest BCUT2D eigenvalue weighted by Crippen LogP contribution is -2.49. The lowest BCUT2D eigenvalue weighted by atomic mass is 10.0. The standard InChI is InChI=1S/C15H22ClNO2/c1-10(2)19-13-8-6-12(7-9-13)14(18)17-15(4,5)11(3)16/h6-11H,1-5H3,(H,17,18). The first kappa shape index (κ1) is 15.8. The summed E-state index contributed by atoms with van der Waals surface area (Å²) in [6, 6.07) is 7.10. The van der Waals surface area contributed by atoms with Gasteiger partial charge in [0.2, 0.25) is 0 Å². The van der Waals surface area contributed by atoms with E-state index in [4.69, 9.17) is 16.3 Å². The molecule has 0 aliphatic rings. The second-order valence-electron chi connectivity index (χ2n) is 5.48. The average molecular weight is 284 g/mol. The molecule has 1 unspecified atom stereocenters. The summed E-state index contributed by atoms with van der Waals surface area (Å²) in [5.74, 6) is 0.630. The van der Waals surface area contributed by atoms with E-state index in [1.807, 2.05) is 34.6 Å². The molecule has 0 bridgehead atoms. The molecule has 0 fully saturated rings. The normalized spacial score (nSPS) is 13.2. The van der Waals surface area contributed by atoms with Gasteiger partial charge in [-0.3, -0.25) is 4.79 Å². The van der Waals surface area contributed by atoms with Gasteiger partial charge in [-0.15, -0.1) is 11.6 Å². The molecule has 4 heteroatoms. The van der Waals surface area contributed by atoms with Crippen molar-refractivity contribution in [2.45, 2.75) is 51.6 Å². The minimum atomic E-state index is -0.453. The minimum absolute atomic E-state index is 0.121. The Balaban J connectivity index is 2.73. The van der Waals surface area contributed by atoms with Gasteiger partial charge in [-0.05, 0) is 58.9 Å². The molecule has 1 atom stereocenters. The fourth-order valence-electron chi connectivity index (χ4n) is 1.42. The van der Waals surface area contributed by atoms with E-state index in [2.05, 4.69) is 5.32 Å². The van der Waals surface area contributed by atoms with Gasteiger partial charge >= 0.3 is 0 Å². The summed E-state index contributed by atoms with van der Waals surface area (Å²) in [5.41, 5.74) is 0.146. The Bertz CT molecular complexity index is 424. The van der Waals surface area contributed by atoms with Gasteiger partial charge in [-0.1, -0.05) is 0 Å². The summed E-state index contributed by atoms with van der Waals surface area (Å²) < 4.78 is 5.54. The zero-order valence-electron chi connectivity index (χ0n) is 12.2. The summed E-state index contributed by atoms with van der Waals surface area (Å²) in [7, 11) is 0. The monoisotopic (exact) mass is 283 g/mol. The zero-order chi connectivity index (χ0) is 14.6. The topological polar surface area (TPSA) is 38.3 Å². The predicted octanol–water partition coefficient (Wildman–Crippen LogP) is 3.61. The molecule has 1 N–H and O–H groups in total. The van der Waals surface area contributed by atoms with Gasteiger partial charge < -0.3 is 10.1 Å². The van der Waals surface area contributed by atoms with Crippen LogP contribution >= 0.6 is 11.6 Å². The van der Waals surface area contributed by atoms with Crippen molar-refractivity contribution in [3.8, 4) is 5.75 Å². The van der Waals surface area contributed by atoms with Gasteiger partial charge in [0, 0.05) is 5.56 Å². The van der Waals surface area contributed by atoms with Crippen LogP contribution < -0.4 is 10.1 Å². The Morgan fingerprint density at radius 3 is 2.16 bits per heavy atom. The van der Waals surface area contributed by atoms with Gasteiger partial charge in [-0.2, -0.15) is 0 Å². The van der Waals surface area contributed by atoms with E-state index in [0.29, 0.717) is 5.56 Å². The highest BCUT2D eigenvalue weighted by Crippen LogP contribution is 2.17. The molecular formula is C15H22ClNO2. The molecule has 1 rings (SSSR count). The van der Waals surface area contributed by atoms with Crippen LogP contribution in [0.3, 0.4) is 0 Å². The molecule has 1 aromatic rings. The summed E-state index contributed by atoms with van der Waals surface area (Å²) in [5, 5.41) is 2.77. The fourth-order valence-corrected chi connectivity index (χ4v) is 1.48. The lowest BCUT2D eigenvalue weighted by Gasteiger charge is -2.29. The largest absolute Gasteiger partial charge is 0.491 e. The van der Waals surface area contributed by atoms with Crippen LogP contribution in [0.4, 0.5) is 0 Å². The molecule has 0 radical (unpaired) electrons. The highest BCUT2D eigenvalue weighted by molar-refractivity contribution is 6.21. The third-order valence-corrected chi connectivity index (χ3v) is 3.46. The van der Waals surface area contributed by atoms with E-state index in [0.717, 1.165) is 5.75 Å². The molecule has 19 heavy (non-hydrogen) atoms. The number of ether oxygens (including phenoxy) is 1. The summed E-state index contributed by atoms with van der Waals surface area (Å²) in [4.78, 5) is 12.1. The fraction of sp³-hybridized carbons (Fsp3) is 0.533. The number of rotatable bonds is 5. The van der Waals surface area contributed by atoms with Gasteiger partial charge in [0.05, 0.1) is 17.0 Å². The van der Waals surface area contributed by atoms with Crippen LogP contribution in [0.25, 0.3) is 0 Å². The average Bonchev–Trinajstić information content (AvgIpc) is 2.28. The molecule has 3 nitrogen and oxygen atoms in total. The van der Waals surface area contributed by atoms with E-state index < -0.39 is 5.54 Å². The van der Waals surface area contributed by atoms with Crippen molar-refractivity contribution in [1.82, 2.24) is 5.32 Å². The molecule has 0 aliphatic heterocycles. The molecule has 0 heterocycles. The van der Waals surface area contributed by atoms with Crippen LogP contribution in [0.15, 0.2) is 24.3 Å². The first-order valence-corrected chi connectivity index (χ1v) is 6.89. The second-order valence-corrected chi connectivity index (χ2v) is 6.14. The number of amides is 1. The third kappa shape index (κ3) is 4.75. The summed E-state index contributed by atoms with van der Waals surface area (Å²) in [6.45, 7) is 9.59. The zero-order valence-corrected chi connectivity index (χ0v) is 12.9. The van der Waals surface area contributed by atoms with E-state index in [1.54, 1.807) is 24.3 Å². The quantitative estimate of drug-likeness (QED) is 0.839. The van der Waals surface area contributed by atoms with Crippen molar-refractivity contribution >= 4 is 17.5 Å². The molecule has 1 aromatic carbocycles. The number of hydrogen-bond acceptors (Lipinski definition) is 2. The number of halogens is 1. The maximum atomic E-state index is 12.1. The van der Waals surface area contributed by atoms with Crippen LogP contribution in [0.2, 0.25) is 0 Å². The Hall–Kier alpha value is -1.22. The number of carbonyl (C=O) groups excluding carboxylic acids is 1. The number of alkyl halides is 1. The molecule has 0 aromatic heterocycles. The lowest BCUT2D eigenvalue weighted by molar-refractivity contribution is 0.0912. The van der Waals surface area contributed by atoms with E-state index in [9.17, 15) is 4.79 Å². The molecular weight excluding hydrogens is 262 g/mol. The Labute approximate surface area is 120 Å². The third-order valence-electron chi connectivity index (χ3n) is 2.92. The van der Waals surface area contributed by atoms with E-state index in [-0.39, 0.29) is 17.4 Å². The first-order chi connectivity index (χ1) is 8.72. The molecule has 0 saturated heterocycles. The molecule has 0 aliphatic carbocycles. The van der Waals surface area contributed by atoms with Crippen LogP contribution in [-0.4, -0.2) is 22.9 Å². The van der Waals surface area contributed by atoms with Crippen LogP contribution in [0.1, 0.15) is 45.0 Å². The number of hydrogen-bond donors (Lipinski definition) is 1. The minimum Gasteiger partial charge on any atom is -0.491 e. The summed E-state index contributed by atoms with van der Waals surface area (Å²) in [6.07, 6.45) is 0.121. The van der Waals surface area contributed by atoms with Crippen LogP contribution in [-0.2, 0) is 0 Å². The van der Waals surface area contributed by atoms with E-state index in [1.165, 1.54) is 0 Å². The van der Waals surface area contributed by atoms with Crippen LogP contribution in [0, 0.1) is 0 Å². The highest BCUT2D eigenvalue weighted by Gasteiger charge is 2.26. The van der Waals surface area contributed by atoms with Crippen molar-refractivity contribution in [3.05, 3.63) is 29.8 Å². The van der Waals surface area contributed by atoms with Gasteiger partial charge in [0.25, 0.3) is 5.91 Å². The van der Waals surface area contributed by atoms with Gasteiger partial charge in [-0.25, -0.2) is 0 Å². The van der Waals surface area contributed by atoms with Crippen LogP contribution in [0.5, 0.6) is 5.75 Å². The molecule has 0 spiro atoms. The molecule has 0 saturated carbocycles. The Morgan fingerprint density at radius 2 is 1.74 bits per heavy atom. The molecule has 106 valence electrons. The number of carbonyl (C=O) groups is 1. The molecule has 1 amide bonds. The number of benzene rings is 1. The maximum absolute atomic E-state index is 12.1. The van der Waals surface area contributed by atoms with Gasteiger partial charge in [0.15, 0.2) is 0 Å². The van der Waals surface area contributed by atoms with Crippen molar-refractivity contribution in [2.24, 2.45) is 0 Å². The summed E-state index contributed by atoms with van der Waals surface area (Å²) >= 11 is 6.05. The second kappa shape index (κ2) is 6.29. The van der Waals surface area contributed by atoms with Crippen molar-refractivity contribution in [1.29, 1.82) is 0 Å². The van der Waals surface area contributed by atoms with Crippen molar-refractivity contribution < 1.29 is 9.53 Å². The SMILES string of the molecule is CC(C)Oc1ccc(C(=O)NC(C)(C)C(C)Cl)cc1. The highest BCUT2D eigenvalue weighted by atomic mass is 35.5. The van der Waals surface area contributed by atoms with Crippen molar-refractivity contribution in [2.75, 3.05) is 0 Å². The predicted molar refractivity (Wildman–Crippen MR) is 79.1 cm³/mol. The maximum Gasteiger partial charge on any atom is 0.251 e. The van der Waals surface area contributed by atoms with E-state index >= 15 is 0 Å².